The van der Waals surface area contributed by atoms with E-state index in [1.54, 1.807) is 0 Å². The summed E-state index contributed by atoms with van der Waals surface area (Å²) in [6.45, 7) is 7.06. The molecule has 4 heteroatoms. The molecule has 44 valence electrons. The highest BCUT2D eigenvalue weighted by Crippen LogP contribution is 2.16. The summed E-state index contributed by atoms with van der Waals surface area (Å²) < 4.78 is 0. The quantitative estimate of drug-likeness (QED) is 0.503. The van der Waals surface area contributed by atoms with Crippen molar-refractivity contribution in [3.05, 3.63) is 0 Å². The molecule has 0 spiro atoms. The fourth-order valence-corrected chi connectivity index (χ4v) is 0. The third kappa shape index (κ3) is 3.93. The van der Waals surface area contributed by atoms with Crippen LogP contribution in [0, 0.1) is 0 Å². The fraction of sp³-hybridized carbons (Fsp3) is 1.00. The summed E-state index contributed by atoms with van der Waals surface area (Å²) in [5, 5.41) is 0. The number of halogens is 2. The van der Waals surface area contributed by atoms with Crippen molar-refractivity contribution in [2.75, 3.05) is 0 Å². The van der Waals surface area contributed by atoms with Crippen LogP contribution in [0.1, 0.15) is 0 Å². The van der Waals surface area contributed by atoms with Crippen molar-refractivity contribution in [3.63, 3.8) is 0 Å². The smallest absolute Gasteiger partial charge is 0.0809 e. The molecule has 0 atom stereocenters. The molecule has 0 aliphatic heterocycles. The van der Waals surface area contributed by atoms with Crippen LogP contribution in [0.15, 0.2) is 0 Å². The molecule has 0 aromatic carbocycles. The normalized spacial score (nSPS) is 12.9. The molecule has 0 nitrogen and oxygen atoms in total. The topological polar surface area (TPSA) is 0 Å². The molecule has 0 saturated carbocycles. The van der Waals surface area contributed by atoms with Gasteiger partial charge in [-0.25, -0.2) is 0 Å². The highest BCUT2D eigenvalue weighted by atomic mass is 79.9. The van der Waals surface area contributed by atoms with Crippen molar-refractivity contribution < 1.29 is 0 Å². The van der Waals surface area contributed by atoms with Crippen LogP contribution in [-0.2, 0) is 0 Å². The molecular formula is C3H9Br2Si2-. The second-order valence-electron chi connectivity index (χ2n) is 2.51. The zero-order chi connectivity index (χ0) is 6.08. The molecule has 0 fully saturated rings. The van der Waals surface area contributed by atoms with Crippen LogP contribution in [0.5, 0.6) is 0 Å². The van der Waals surface area contributed by atoms with Gasteiger partial charge in [0.25, 0.3) is 0 Å². The molecule has 0 aliphatic rings. The van der Waals surface area contributed by atoms with Crippen LogP contribution in [0.2, 0.25) is 19.6 Å². The van der Waals surface area contributed by atoms with Gasteiger partial charge in [0.2, 0.25) is 0 Å². The summed E-state index contributed by atoms with van der Waals surface area (Å²) in [6, 6.07) is 0. The molecule has 0 rings (SSSR count). The van der Waals surface area contributed by atoms with E-state index in [1.165, 1.54) is 0 Å². The summed E-state index contributed by atoms with van der Waals surface area (Å²) in [7, 11) is -0.799. The van der Waals surface area contributed by atoms with Crippen molar-refractivity contribution in [3.8, 4) is 0 Å². The highest BCUT2D eigenvalue weighted by Gasteiger charge is 2.06. The van der Waals surface area contributed by atoms with Crippen LogP contribution in [0.25, 0.3) is 0 Å². The molecule has 0 unspecified atom stereocenters. The number of rotatable bonds is 1. The highest BCUT2D eigenvalue weighted by molar-refractivity contribution is 9.51. The zero-order valence-electron chi connectivity index (χ0n) is 4.76. The van der Waals surface area contributed by atoms with Crippen LogP contribution in [0.3, 0.4) is 0 Å². The summed E-state index contributed by atoms with van der Waals surface area (Å²) in [5.74, 6) is 0. The lowest BCUT2D eigenvalue weighted by Crippen LogP contribution is -2.32. The monoisotopic (exact) mass is 259 g/mol. The van der Waals surface area contributed by atoms with Crippen LogP contribution < -0.4 is 0 Å². The van der Waals surface area contributed by atoms with Gasteiger partial charge in [0.1, 0.15) is 0 Å². The SMILES string of the molecule is C[Si](C)(C)[Si-](Br)Br. The molecule has 0 saturated heterocycles. The Morgan fingerprint density at radius 2 is 1.29 bits per heavy atom. The molecule has 0 aliphatic carbocycles. The largest absolute Gasteiger partial charge is 0.342 e. The molecular weight excluding hydrogens is 252 g/mol. The number of hydrogen-bond acceptors (Lipinski definition) is 0. The van der Waals surface area contributed by atoms with Gasteiger partial charge in [0, 0.05) is 0 Å². The lowest BCUT2D eigenvalue weighted by Gasteiger charge is -2.30. The van der Waals surface area contributed by atoms with E-state index in [2.05, 4.69) is 50.2 Å². The van der Waals surface area contributed by atoms with E-state index >= 15 is 0 Å². The van der Waals surface area contributed by atoms with Gasteiger partial charge in [-0.1, -0.05) is 27.2 Å². The zero-order valence-corrected chi connectivity index (χ0v) is 9.93. The Bertz CT molecular complexity index is 56.4. The van der Waals surface area contributed by atoms with Gasteiger partial charge in [0.05, 0.1) is 0 Å². The van der Waals surface area contributed by atoms with E-state index in [1.807, 2.05) is 0 Å². The van der Waals surface area contributed by atoms with Crippen molar-refractivity contribution in [1.82, 2.24) is 0 Å². The number of hydrogen-bond donors (Lipinski definition) is 0. The molecule has 7 heavy (non-hydrogen) atoms. The van der Waals surface area contributed by atoms with E-state index in [9.17, 15) is 0 Å². The molecule has 0 heterocycles. The molecule has 0 N–H and O–H groups in total. The average Bonchev–Trinajstić information content (AvgIpc) is 1.31. The van der Waals surface area contributed by atoms with E-state index in [0.717, 1.165) is 0 Å². The maximum Gasteiger partial charge on any atom is -0.0809 e. The van der Waals surface area contributed by atoms with Gasteiger partial charge in [-0.2, -0.15) is 0 Å². The second-order valence-corrected chi connectivity index (χ2v) is 25.9. The van der Waals surface area contributed by atoms with Crippen LogP contribution in [-0.4, -0.2) is 13.1 Å². The van der Waals surface area contributed by atoms with Gasteiger partial charge in [-0.3, -0.25) is 0 Å². The molecule has 0 bridgehead atoms. The summed E-state index contributed by atoms with van der Waals surface area (Å²) in [5.41, 5.74) is -0.286. The lowest BCUT2D eigenvalue weighted by atomic mass is 11.8. The van der Waals surface area contributed by atoms with Crippen molar-refractivity contribution >= 4 is 43.7 Å². The van der Waals surface area contributed by atoms with Gasteiger partial charge in [-0.15, -0.1) is 5.55 Å². The molecule has 0 radical (unpaired) electrons. The van der Waals surface area contributed by atoms with E-state index in [4.69, 9.17) is 0 Å². The fourth-order valence-electron chi connectivity index (χ4n) is 0. The Kier molecular flexibility index (Phi) is 3.35. The average molecular weight is 261 g/mol. The first-order valence-electron chi connectivity index (χ1n) is 2.13. The Balaban J connectivity index is 3.54. The van der Waals surface area contributed by atoms with Gasteiger partial charge in [-0.05, 0) is 0 Å². The Labute approximate surface area is 63.2 Å². The van der Waals surface area contributed by atoms with Gasteiger partial charge < -0.3 is 30.6 Å². The van der Waals surface area contributed by atoms with Crippen molar-refractivity contribution in [2.24, 2.45) is 0 Å². The first-order chi connectivity index (χ1) is 2.94. The molecule has 0 aromatic rings. The summed E-state index contributed by atoms with van der Waals surface area (Å²) in [6.07, 6.45) is 0. The minimum Gasteiger partial charge on any atom is -0.342 e. The maximum absolute atomic E-state index is 3.58. The minimum atomic E-state index is -0.799. The van der Waals surface area contributed by atoms with Crippen molar-refractivity contribution in [2.45, 2.75) is 19.6 Å². The van der Waals surface area contributed by atoms with Crippen molar-refractivity contribution in [1.29, 1.82) is 0 Å². The maximum atomic E-state index is 3.58. The Hall–Kier alpha value is 1.39. The van der Waals surface area contributed by atoms with Crippen LogP contribution >= 0.6 is 30.6 Å². The van der Waals surface area contributed by atoms with Crippen LogP contribution in [0.4, 0.5) is 0 Å². The van der Waals surface area contributed by atoms with Gasteiger partial charge in [0.15, 0.2) is 0 Å². The predicted octanol–water partition coefficient (Wildman–Crippen LogP) is 2.68. The second kappa shape index (κ2) is 2.80. The summed E-state index contributed by atoms with van der Waals surface area (Å²) in [4.78, 5) is 0. The first kappa shape index (κ1) is 8.39. The van der Waals surface area contributed by atoms with E-state index in [0.29, 0.717) is 0 Å². The van der Waals surface area contributed by atoms with E-state index in [-0.39, 0.29) is 5.55 Å². The van der Waals surface area contributed by atoms with E-state index < -0.39 is 7.59 Å². The standard InChI is InChI=1S/C3H9Br2Si2/c1-7(2,3)6(4)5/h1-3H3/q-1. The first-order valence-corrected chi connectivity index (χ1v) is 12.6. The predicted molar refractivity (Wildman–Crippen MR) is 47.0 cm³/mol. The Morgan fingerprint density at radius 1 is 1.14 bits per heavy atom. The summed E-state index contributed by atoms with van der Waals surface area (Å²) >= 11 is 7.15. The Morgan fingerprint density at radius 3 is 1.29 bits per heavy atom. The lowest BCUT2D eigenvalue weighted by molar-refractivity contribution is 1.86. The minimum absolute atomic E-state index is 0.286. The molecule has 0 aromatic heterocycles. The third-order valence-electron chi connectivity index (χ3n) is 0.567. The molecule has 0 amide bonds. The third-order valence-corrected chi connectivity index (χ3v) is 26.5. The van der Waals surface area contributed by atoms with Gasteiger partial charge >= 0.3 is 0 Å².